The van der Waals surface area contributed by atoms with Crippen LogP contribution in [-0.4, -0.2) is 25.0 Å². The van der Waals surface area contributed by atoms with E-state index in [-0.39, 0.29) is 11.8 Å². The van der Waals surface area contributed by atoms with Crippen molar-refractivity contribution in [1.82, 2.24) is 4.90 Å². The van der Waals surface area contributed by atoms with Crippen molar-refractivity contribution in [3.63, 3.8) is 0 Å². The summed E-state index contributed by atoms with van der Waals surface area (Å²) in [4.78, 5) is 14.5. The van der Waals surface area contributed by atoms with Crippen molar-refractivity contribution in [3.8, 4) is 5.75 Å². The van der Waals surface area contributed by atoms with E-state index in [4.69, 9.17) is 9.15 Å². The minimum atomic E-state index is -0.215. The van der Waals surface area contributed by atoms with Crippen molar-refractivity contribution in [2.45, 2.75) is 26.3 Å². The van der Waals surface area contributed by atoms with Crippen LogP contribution in [-0.2, 0) is 11.3 Å². The third-order valence-corrected chi connectivity index (χ3v) is 4.51. The highest BCUT2D eigenvalue weighted by molar-refractivity contribution is 5.88. The van der Waals surface area contributed by atoms with Crippen LogP contribution >= 0.6 is 0 Å². The van der Waals surface area contributed by atoms with E-state index >= 15 is 0 Å². The molecule has 3 aromatic rings. The van der Waals surface area contributed by atoms with Crippen molar-refractivity contribution in [3.05, 3.63) is 65.6 Å². The van der Waals surface area contributed by atoms with Crippen LogP contribution in [0.4, 0.5) is 0 Å². The average Bonchev–Trinajstić information content (AvgIpc) is 3.04. The van der Waals surface area contributed by atoms with Crippen molar-refractivity contribution < 1.29 is 13.9 Å². The molecule has 2 aromatic carbocycles. The lowest BCUT2D eigenvalue weighted by Gasteiger charge is -2.21. The third kappa shape index (κ3) is 3.68. The summed E-state index contributed by atoms with van der Waals surface area (Å²) in [6.07, 6.45) is 0. The Bertz CT molecular complexity index is 897. The number of hydrogen-bond acceptors (Lipinski definition) is 3. The first-order valence-electron chi connectivity index (χ1n) is 8.36. The van der Waals surface area contributed by atoms with Crippen LogP contribution in [0.15, 0.2) is 52.9 Å². The lowest BCUT2D eigenvalue weighted by molar-refractivity contribution is -0.131. The minimum absolute atomic E-state index is 0.0712. The number of likely N-dealkylation sites (N-methyl/N-ethyl adjacent to an activating group) is 1. The van der Waals surface area contributed by atoms with Gasteiger partial charge in [0, 0.05) is 7.05 Å². The lowest BCUT2D eigenvalue weighted by Crippen LogP contribution is -2.30. The molecule has 4 heteroatoms. The zero-order chi connectivity index (χ0) is 18.0. The largest absolute Gasteiger partial charge is 0.497 e. The summed E-state index contributed by atoms with van der Waals surface area (Å²) in [5.41, 5.74) is 1.00. The number of carbonyl (C=O) groups excluding carboxylic acids is 1. The van der Waals surface area contributed by atoms with Gasteiger partial charge in [-0.15, -0.1) is 0 Å². The molecule has 1 heterocycles. The van der Waals surface area contributed by atoms with Gasteiger partial charge in [0.15, 0.2) is 0 Å². The summed E-state index contributed by atoms with van der Waals surface area (Å²) in [5, 5.41) is 2.20. The van der Waals surface area contributed by atoms with Gasteiger partial charge in [-0.2, -0.15) is 0 Å². The van der Waals surface area contributed by atoms with Gasteiger partial charge >= 0.3 is 0 Å². The smallest absolute Gasteiger partial charge is 0.229 e. The van der Waals surface area contributed by atoms with E-state index in [0.717, 1.165) is 33.6 Å². The molecule has 1 aromatic heterocycles. The Hall–Kier alpha value is -2.75. The SMILES string of the molecule is COc1ccc2cc([C@H](C)C(=O)N(C)Cc3ccc(C)o3)ccc2c1. The summed E-state index contributed by atoms with van der Waals surface area (Å²) in [6.45, 7) is 4.32. The van der Waals surface area contributed by atoms with Crippen LogP contribution in [0.2, 0.25) is 0 Å². The molecule has 0 N–H and O–H groups in total. The first-order valence-corrected chi connectivity index (χ1v) is 8.36. The molecule has 0 fully saturated rings. The molecule has 130 valence electrons. The highest BCUT2D eigenvalue weighted by Crippen LogP contribution is 2.26. The average molecular weight is 337 g/mol. The van der Waals surface area contributed by atoms with Gasteiger partial charge in [-0.05, 0) is 54.4 Å². The number of furan rings is 1. The van der Waals surface area contributed by atoms with Crippen LogP contribution < -0.4 is 4.74 Å². The van der Waals surface area contributed by atoms with Crippen molar-refractivity contribution in [2.24, 2.45) is 0 Å². The Labute approximate surface area is 148 Å². The zero-order valence-corrected chi connectivity index (χ0v) is 15.1. The fraction of sp³-hybridized carbons (Fsp3) is 0.286. The second-order valence-electron chi connectivity index (χ2n) is 6.40. The maximum Gasteiger partial charge on any atom is 0.229 e. The monoisotopic (exact) mass is 337 g/mol. The highest BCUT2D eigenvalue weighted by atomic mass is 16.5. The topological polar surface area (TPSA) is 42.7 Å². The molecule has 1 atom stereocenters. The number of ether oxygens (including phenoxy) is 1. The number of fused-ring (bicyclic) bond motifs is 1. The van der Waals surface area contributed by atoms with Gasteiger partial charge in [0.05, 0.1) is 19.6 Å². The van der Waals surface area contributed by atoms with E-state index in [1.54, 1.807) is 12.0 Å². The third-order valence-electron chi connectivity index (χ3n) is 4.51. The number of carbonyl (C=O) groups is 1. The van der Waals surface area contributed by atoms with Crippen molar-refractivity contribution in [2.75, 3.05) is 14.2 Å². The molecule has 0 saturated heterocycles. The second kappa shape index (κ2) is 7.01. The van der Waals surface area contributed by atoms with Crippen molar-refractivity contribution in [1.29, 1.82) is 0 Å². The van der Waals surface area contributed by atoms with Crippen LogP contribution in [0, 0.1) is 6.92 Å². The maximum atomic E-state index is 12.8. The molecule has 0 radical (unpaired) electrons. The summed E-state index contributed by atoms with van der Waals surface area (Å²) >= 11 is 0. The van der Waals surface area contributed by atoms with Crippen LogP contribution in [0.1, 0.15) is 29.9 Å². The Balaban J connectivity index is 1.77. The van der Waals surface area contributed by atoms with Gasteiger partial charge in [-0.3, -0.25) is 4.79 Å². The number of rotatable bonds is 5. The van der Waals surface area contributed by atoms with Crippen molar-refractivity contribution >= 4 is 16.7 Å². The standard InChI is InChI=1S/C21H23NO3/c1-14-5-9-20(25-14)13-22(3)21(23)15(2)16-6-7-18-12-19(24-4)10-8-17(18)11-16/h5-12,15H,13H2,1-4H3/t15-/m0/s1. The number of aryl methyl sites for hydroxylation is 1. The molecule has 0 aliphatic carbocycles. The van der Waals surface area contributed by atoms with E-state index < -0.39 is 0 Å². The Morgan fingerprint density at radius 1 is 1.12 bits per heavy atom. The molecule has 3 rings (SSSR count). The predicted molar refractivity (Wildman–Crippen MR) is 98.8 cm³/mol. The summed E-state index contributed by atoms with van der Waals surface area (Å²) in [6, 6.07) is 15.9. The number of methoxy groups -OCH3 is 1. The molecule has 1 amide bonds. The predicted octanol–water partition coefficient (Wildman–Crippen LogP) is 4.51. The minimum Gasteiger partial charge on any atom is -0.497 e. The molecule has 0 unspecified atom stereocenters. The van der Waals surface area contributed by atoms with Gasteiger partial charge in [-0.1, -0.05) is 24.3 Å². The molecular weight excluding hydrogens is 314 g/mol. The van der Waals surface area contributed by atoms with E-state index in [2.05, 4.69) is 6.07 Å². The van der Waals surface area contributed by atoms with E-state index in [0.29, 0.717) is 6.54 Å². The molecule has 25 heavy (non-hydrogen) atoms. The van der Waals surface area contributed by atoms with Crippen LogP contribution in [0.5, 0.6) is 5.75 Å². The summed E-state index contributed by atoms with van der Waals surface area (Å²) < 4.78 is 10.8. The first kappa shape index (κ1) is 17.1. The van der Waals surface area contributed by atoms with Gasteiger partial charge < -0.3 is 14.1 Å². The maximum absolute atomic E-state index is 12.8. The number of nitrogens with zero attached hydrogens (tertiary/aromatic N) is 1. The highest BCUT2D eigenvalue weighted by Gasteiger charge is 2.20. The molecule has 0 aliphatic rings. The van der Waals surface area contributed by atoms with Gasteiger partial charge in [0.1, 0.15) is 17.3 Å². The van der Waals surface area contributed by atoms with Crippen LogP contribution in [0.3, 0.4) is 0 Å². The molecule has 0 aliphatic heterocycles. The molecule has 4 nitrogen and oxygen atoms in total. The normalized spacial score (nSPS) is 12.2. The lowest BCUT2D eigenvalue weighted by atomic mass is 9.96. The molecule has 0 bridgehead atoms. The second-order valence-corrected chi connectivity index (χ2v) is 6.40. The number of benzene rings is 2. The Kier molecular flexibility index (Phi) is 4.79. The molecule has 0 saturated carbocycles. The molecule has 0 spiro atoms. The van der Waals surface area contributed by atoms with E-state index in [1.165, 1.54) is 0 Å². The zero-order valence-electron chi connectivity index (χ0n) is 15.1. The van der Waals surface area contributed by atoms with Gasteiger partial charge in [0.25, 0.3) is 0 Å². The fourth-order valence-corrected chi connectivity index (χ4v) is 2.99. The fourth-order valence-electron chi connectivity index (χ4n) is 2.99. The number of amides is 1. The van der Waals surface area contributed by atoms with Crippen LogP contribution in [0.25, 0.3) is 10.8 Å². The Morgan fingerprint density at radius 2 is 1.84 bits per heavy atom. The molecular formula is C21H23NO3. The summed E-state index contributed by atoms with van der Waals surface area (Å²) in [7, 11) is 3.47. The van der Waals surface area contributed by atoms with Gasteiger partial charge in [-0.25, -0.2) is 0 Å². The van der Waals surface area contributed by atoms with E-state index in [9.17, 15) is 4.79 Å². The quantitative estimate of drug-likeness (QED) is 0.688. The number of hydrogen-bond donors (Lipinski definition) is 0. The Morgan fingerprint density at radius 3 is 2.52 bits per heavy atom. The summed E-state index contributed by atoms with van der Waals surface area (Å²) in [5.74, 6) is 2.34. The van der Waals surface area contributed by atoms with E-state index in [1.807, 2.05) is 63.4 Å². The first-order chi connectivity index (χ1) is 12.0. The van der Waals surface area contributed by atoms with Gasteiger partial charge in [0.2, 0.25) is 5.91 Å².